The smallest absolute Gasteiger partial charge is 0.277 e. The number of hydrogen-bond acceptors (Lipinski definition) is 3. The van der Waals surface area contributed by atoms with Crippen molar-refractivity contribution in [3.05, 3.63) is 0 Å². The van der Waals surface area contributed by atoms with E-state index >= 15 is 0 Å². The van der Waals surface area contributed by atoms with Crippen molar-refractivity contribution in [2.75, 3.05) is 19.8 Å². The van der Waals surface area contributed by atoms with Crippen molar-refractivity contribution in [2.24, 2.45) is 5.41 Å². The summed E-state index contributed by atoms with van der Waals surface area (Å²) in [6.07, 6.45) is -0.985. The van der Waals surface area contributed by atoms with E-state index in [1.165, 1.54) is 0 Å². The third-order valence-corrected chi connectivity index (χ3v) is 4.24. The Balaban J connectivity index is 2.05. The van der Waals surface area contributed by atoms with Crippen LogP contribution in [0.4, 0.5) is 13.2 Å². The summed E-state index contributed by atoms with van der Waals surface area (Å²) in [4.78, 5) is 26.4. The van der Waals surface area contributed by atoms with Gasteiger partial charge in [-0.3, -0.25) is 19.4 Å². The average Bonchev–Trinajstić information content (AvgIpc) is 2.88. The largest absolute Gasteiger partial charge is 0.401 e. The molecule has 0 N–H and O–H groups in total. The van der Waals surface area contributed by atoms with E-state index in [1.54, 1.807) is 6.92 Å². The van der Waals surface area contributed by atoms with Crippen LogP contribution in [0.3, 0.4) is 0 Å². The molecule has 114 valence electrons. The molecule has 1 aliphatic carbocycles. The average molecular weight is 292 g/mol. The number of carbonyl (C=O) groups is 2. The van der Waals surface area contributed by atoms with Gasteiger partial charge in [-0.2, -0.15) is 13.2 Å². The molecule has 2 rings (SSSR count). The maximum Gasteiger partial charge on any atom is 0.401 e. The highest BCUT2D eigenvalue weighted by Gasteiger charge is 2.52. The predicted molar refractivity (Wildman–Crippen MR) is 65.5 cm³/mol. The first-order chi connectivity index (χ1) is 9.27. The van der Waals surface area contributed by atoms with E-state index in [0.717, 1.165) is 22.6 Å². The number of carbonyl (C=O) groups excluding carboxylic acids is 2. The standard InChI is InChI=1S/C13H19F3N2O2/c1-2-17(8-13(14,15)16)9-18-10(19)7-12(11(18)20)5-3-4-6-12/h2-9H2,1H3. The third-order valence-electron chi connectivity index (χ3n) is 4.24. The summed E-state index contributed by atoms with van der Waals surface area (Å²) < 4.78 is 37.3. The molecule has 2 amide bonds. The zero-order valence-corrected chi connectivity index (χ0v) is 11.5. The second-order valence-electron chi connectivity index (χ2n) is 5.69. The van der Waals surface area contributed by atoms with Gasteiger partial charge in [-0.05, 0) is 19.4 Å². The van der Waals surface area contributed by atoms with Gasteiger partial charge in [0.1, 0.15) is 0 Å². The van der Waals surface area contributed by atoms with Crippen molar-refractivity contribution in [3.63, 3.8) is 0 Å². The van der Waals surface area contributed by atoms with Gasteiger partial charge in [-0.1, -0.05) is 19.8 Å². The van der Waals surface area contributed by atoms with Crippen LogP contribution in [0, 0.1) is 5.41 Å². The molecule has 2 fully saturated rings. The lowest BCUT2D eigenvalue weighted by molar-refractivity contribution is -0.158. The highest BCUT2D eigenvalue weighted by molar-refractivity contribution is 6.06. The third kappa shape index (κ3) is 2.97. The van der Waals surface area contributed by atoms with Gasteiger partial charge in [0.05, 0.1) is 18.6 Å². The zero-order chi connectivity index (χ0) is 15.0. The van der Waals surface area contributed by atoms with Crippen LogP contribution in [0.15, 0.2) is 0 Å². The Hall–Kier alpha value is -1.11. The summed E-state index contributed by atoms with van der Waals surface area (Å²) in [6, 6.07) is 0. The maximum atomic E-state index is 12.4. The van der Waals surface area contributed by atoms with E-state index in [4.69, 9.17) is 0 Å². The first-order valence-electron chi connectivity index (χ1n) is 6.91. The summed E-state index contributed by atoms with van der Waals surface area (Å²) in [5.41, 5.74) is -0.616. The summed E-state index contributed by atoms with van der Waals surface area (Å²) in [7, 11) is 0. The van der Waals surface area contributed by atoms with Gasteiger partial charge in [0, 0.05) is 6.42 Å². The van der Waals surface area contributed by atoms with Gasteiger partial charge in [0.2, 0.25) is 11.8 Å². The Morgan fingerprint density at radius 1 is 1.25 bits per heavy atom. The van der Waals surface area contributed by atoms with Crippen molar-refractivity contribution in [1.29, 1.82) is 0 Å². The van der Waals surface area contributed by atoms with Crippen molar-refractivity contribution in [3.8, 4) is 0 Å². The summed E-state index contributed by atoms with van der Waals surface area (Å²) >= 11 is 0. The van der Waals surface area contributed by atoms with E-state index in [9.17, 15) is 22.8 Å². The quantitative estimate of drug-likeness (QED) is 0.745. The van der Waals surface area contributed by atoms with Crippen LogP contribution < -0.4 is 0 Å². The molecule has 0 bridgehead atoms. The first kappa shape index (κ1) is 15.3. The van der Waals surface area contributed by atoms with Gasteiger partial charge < -0.3 is 0 Å². The lowest BCUT2D eigenvalue weighted by Gasteiger charge is -2.27. The van der Waals surface area contributed by atoms with E-state index in [2.05, 4.69) is 0 Å². The van der Waals surface area contributed by atoms with Crippen molar-refractivity contribution in [1.82, 2.24) is 9.80 Å². The molecule has 0 atom stereocenters. The summed E-state index contributed by atoms with van der Waals surface area (Å²) in [6.45, 7) is 0.370. The summed E-state index contributed by atoms with van der Waals surface area (Å²) in [5.74, 6) is -0.613. The van der Waals surface area contributed by atoms with Gasteiger partial charge in [-0.25, -0.2) is 0 Å². The van der Waals surface area contributed by atoms with Crippen molar-refractivity contribution < 1.29 is 22.8 Å². The van der Waals surface area contributed by atoms with Crippen molar-refractivity contribution in [2.45, 2.75) is 45.2 Å². The number of rotatable bonds is 4. The second kappa shape index (κ2) is 5.35. The van der Waals surface area contributed by atoms with E-state index in [-0.39, 0.29) is 31.4 Å². The minimum absolute atomic E-state index is 0.142. The first-order valence-corrected chi connectivity index (χ1v) is 6.91. The number of imide groups is 1. The van der Waals surface area contributed by atoms with Gasteiger partial charge in [0.25, 0.3) is 0 Å². The van der Waals surface area contributed by atoms with Gasteiger partial charge in [0.15, 0.2) is 0 Å². The molecular weight excluding hydrogens is 273 g/mol. The zero-order valence-electron chi connectivity index (χ0n) is 11.5. The van der Waals surface area contributed by atoms with Crippen LogP contribution in [0.1, 0.15) is 39.0 Å². The lowest BCUT2D eigenvalue weighted by Crippen LogP contribution is -2.45. The van der Waals surface area contributed by atoms with Crippen LogP contribution in [0.5, 0.6) is 0 Å². The monoisotopic (exact) mass is 292 g/mol. The molecule has 1 spiro atoms. The van der Waals surface area contributed by atoms with Crippen LogP contribution in [0.2, 0.25) is 0 Å². The molecule has 0 radical (unpaired) electrons. The molecule has 4 nitrogen and oxygen atoms in total. The highest BCUT2D eigenvalue weighted by Crippen LogP contribution is 2.46. The maximum absolute atomic E-state index is 12.4. The number of amides is 2. The molecule has 20 heavy (non-hydrogen) atoms. The number of likely N-dealkylation sites (tertiary alicyclic amines) is 1. The number of alkyl halides is 3. The van der Waals surface area contributed by atoms with Gasteiger partial charge >= 0.3 is 6.18 Å². The van der Waals surface area contributed by atoms with E-state index < -0.39 is 18.1 Å². The fourth-order valence-electron chi connectivity index (χ4n) is 3.16. The minimum Gasteiger partial charge on any atom is -0.277 e. The fourth-order valence-corrected chi connectivity index (χ4v) is 3.16. The van der Waals surface area contributed by atoms with Crippen LogP contribution in [-0.2, 0) is 9.59 Å². The fraction of sp³-hybridized carbons (Fsp3) is 0.846. The SMILES string of the molecule is CCN(CN1C(=O)CC2(CCCC2)C1=O)CC(F)(F)F. The van der Waals surface area contributed by atoms with E-state index in [1.807, 2.05) is 0 Å². The van der Waals surface area contributed by atoms with E-state index in [0.29, 0.717) is 12.8 Å². The molecule has 7 heteroatoms. The topological polar surface area (TPSA) is 40.6 Å². The Kier molecular flexibility index (Phi) is 4.09. The Morgan fingerprint density at radius 3 is 2.35 bits per heavy atom. The number of halogens is 3. The highest BCUT2D eigenvalue weighted by atomic mass is 19.4. The molecule has 1 aliphatic heterocycles. The Morgan fingerprint density at radius 2 is 1.85 bits per heavy atom. The van der Waals surface area contributed by atoms with Crippen LogP contribution in [-0.4, -0.2) is 47.5 Å². The molecule has 0 aromatic carbocycles. The molecular formula is C13H19F3N2O2. The number of hydrogen-bond donors (Lipinski definition) is 0. The molecule has 1 heterocycles. The molecule has 1 saturated carbocycles. The van der Waals surface area contributed by atoms with Crippen molar-refractivity contribution >= 4 is 11.8 Å². The lowest BCUT2D eigenvalue weighted by atomic mass is 9.85. The van der Waals surface area contributed by atoms with Gasteiger partial charge in [-0.15, -0.1) is 0 Å². The molecule has 0 aromatic rings. The Bertz CT molecular complexity index is 403. The minimum atomic E-state index is -4.33. The normalized spacial score (nSPS) is 22.6. The molecule has 0 aromatic heterocycles. The van der Waals surface area contributed by atoms with Crippen LogP contribution >= 0.6 is 0 Å². The summed E-state index contributed by atoms with van der Waals surface area (Å²) in [5, 5.41) is 0. The Labute approximate surface area is 115 Å². The molecule has 2 aliphatic rings. The van der Waals surface area contributed by atoms with Crippen LogP contribution in [0.25, 0.3) is 0 Å². The number of nitrogens with zero attached hydrogens (tertiary/aromatic N) is 2. The second-order valence-corrected chi connectivity index (χ2v) is 5.69. The molecule has 1 saturated heterocycles. The molecule has 0 unspecified atom stereocenters. The predicted octanol–water partition coefficient (Wildman–Crippen LogP) is 2.15.